The lowest BCUT2D eigenvalue weighted by Gasteiger charge is -2.00. The molecule has 20 heavy (non-hydrogen) atoms. The van der Waals surface area contributed by atoms with Gasteiger partial charge in [-0.25, -0.2) is 8.91 Å². The summed E-state index contributed by atoms with van der Waals surface area (Å²) < 4.78 is 20.3. The minimum Gasteiger partial charge on any atom is -0.464 e. The molecule has 0 bridgehead atoms. The van der Waals surface area contributed by atoms with E-state index in [4.69, 9.17) is 4.74 Å². The molecule has 0 aliphatic rings. The van der Waals surface area contributed by atoms with Crippen molar-refractivity contribution in [3.63, 3.8) is 0 Å². The lowest BCUT2D eigenvalue weighted by atomic mass is 10.2. The number of fused-ring (bicyclic) bond motifs is 1. The first-order valence-electron chi connectivity index (χ1n) is 5.99. The van der Waals surface area contributed by atoms with Crippen molar-refractivity contribution < 1.29 is 9.13 Å². The molecule has 0 radical (unpaired) electrons. The Labute approximate surface area is 114 Å². The maximum atomic E-state index is 13.3. The molecule has 98 valence electrons. The van der Waals surface area contributed by atoms with Crippen LogP contribution in [-0.4, -0.2) is 21.2 Å². The van der Waals surface area contributed by atoms with Gasteiger partial charge in [-0.1, -0.05) is 24.0 Å². The van der Waals surface area contributed by atoms with Crippen LogP contribution in [0.15, 0.2) is 48.8 Å². The van der Waals surface area contributed by atoms with Crippen LogP contribution >= 0.6 is 0 Å². The van der Waals surface area contributed by atoms with E-state index in [1.165, 1.54) is 6.07 Å². The summed E-state index contributed by atoms with van der Waals surface area (Å²) in [7, 11) is 0. The van der Waals surface area contributed by atoms with E-state index in [9.17, 15) is 4.39 Å². The largest absolute Gasteiger partial charge is 0.464 e. The quantitative estimate of drug-likeness (QED) is 0.669. The number of ether oxygens (including phenoxy) is 1. The second kappa shape index (κ2) is 5.41. The summed E-state index contributed by atoms with van der Waals surface area (Å²) in [5.74, 6) is 5.60. The van der Waals surface area contributed by atoms with E-state index in [1.807, 2.05) is 0 Å². The van der Waals surface area contributed by atoms with Crippen molar-refractivity contribution in [3.8, 4) is 17.7 Å². The number of rotatable bonds is 2. The Morgan fingerprint density at radius 2 is 2.10 bits per heavy atom. The van der Waals surface area contributed by atoms with Gasteiger partial charge in [0.05, 0.1) is 11.8 Å². The predicted molar refractivity (Wildman–Crippen MR) is 71.8 cm³/mol. The minimum absolute atomic E-state index is 0.144. The van der Waals surface area contributed by atoms with Crippen LogP contribution in [0.3, 0.4) is 0 Å². The predicted octanol–water partition coefficient (Wildman–Crippen LogP) is 2.30. The first-order chi connectivity index (χ1) is 9.83. The van der Waals surface area contributed by atoms with Crippen molar-refractivity contribution in [1.82, 2.24) is 14.6 Å². The first kappa shape index (κ1) is 12.2. The van der Waals surface area contributed by atoms with Crippen molar-refractivity contribution in [2.45, 2.75) is 0 Å². The molecule has 0 fully saturated rings. The van der Waals surface area contributed by atoms with E-state index < -0.39 is 0 Å². The highest BCUT2D eigenvalue weighted by atomic mass is 19.1. The Kier molecular flexibility index (Phi) is 3.29. The van der Waals surface area contributed by atoms with Crippen LogP contribution in [0, 0.1) is 17.7 Å². The van der Waals surface area contributed by atoms with Crippen LogP contribution in [0.2, 0.25) is 0 Å². The number of halogens is 1. The van der Waals surface area contributed by atoms with Crippen molar-refractivity contribution >= 4 is 5.65 Å². The molecular formula is C15H10FN3O. The molecule has 0 atom stereocenters. The van der Waals surface area contributed by atoms with E-state index in [1.54, 1.807) is 47.2 Å². The summed E-state index contributed by atoms with van der Waals surface area (Å²) in [6.45, 7) is 0.144. The van der Waals surface area contributed by atoms with Gasteiger partial charge in [-0.2, -0.15) is 10.1 Å². The Morgan fingerprint density at radius 1 is 1.20 bits per heavy atom. The van der Waals surface area contributed by atoms with E-state index in [2.05, 4.69) is 21.9 Å². The molecule has 0 saturated heterocycles. The fraction of sp³-hybridized carbons (Fsp3) is 0.0667. The van der Waals surface area contributed by atoms with Gasteiger partial charge < -0.3 is 4.74 Å². The minimum atomic E-state index is -0.334. The maximum Gasteiger partial charge on any atom is 0.217 e. The van der Waals surface area contributed by atoms with E-state index in [-0.39, 0.29) is 12.4 Å². The van der Waals surface area contributed by atoms with Gasteiger partial charge in [-0.15, -0.1) is 0 Å². The summed E-state index contributed by atoms with van der Waals surface area (Å²) >= 11 is 0. The Morgan fingerprint density at radius 3 is 3.00 bits per heavy atom. The Bertz CT molecular complexity index is 801. The fourth-order valence-electron chi connectivity index (χ4n) is 1.68. The molecule has 3 rings (SSSR count). The number of aromatic nitrogens is 3. The molecule has 5 heteroatoms. The van der Waals surface area contributed by atoms with Gasteiger partial charge in [0.1, 0.15) is 5.82 Å². The van der Waals surface area contributed by atoms with Crippen molar-refractivity contribution in [2.24, 2.45) is 0 Å². The summed E-state index contributed by atoms with van der Waals surface area (Å²) in [5, 5.41) is 4.03. The van der Waals surface area contributed by atoms with Gasteiger partial charge in [-0.3, -0.25) is 0 Å². The van der Waals surface area contributed by atoms with Gasteiger partial charge in [0.15, 0.2) is 12.3 Å². The number of hydrogen-bond donors (Lipinski definition) is 0. The van der Waals surface area contributed by atoms with Crippen LogP contribution in [0.25, 0.3) is 5.65 Å². The second-order valence-corrected chi connectivity index (χ2v) is 3.97. The molecule has 0 aliphatic heterocycles. The van der Waals surface area contributed by atoms with Crippen molar-refractivity contribution in [1.29, 1.82) is 0 Å². The number of nitrogens with zero attached hydrogens (tertiary/aromatic N) is 3. The summed E-state index contributed by atoms with van der Waals surface area (Å²) in [6.07, 6.45) is 3.41. The zero-order valence-corrected chi connectivity index (χ0v) is 10.5. The number of hydrogen-bond acceptors (Lipinski definition) is 3. The van der Waals surface area contributed by atoms with Gasteiger partial charge in [0.25, 0.3) is 0 Å². The third-order valence-corrected chi connectivity index (χ3v) is 2.62. The molecule has 1 aromatic carbocycles. The second-order valence-electron chi connectivity index (χ2n) is 3.97. The smallest absolute Gasteiger partial charge is 0.217 e. The molecule has 3 aromatic rings. The van der Waals surface area contributed by atoms with Gasteiger partial charge in [0.2, 0.25) is 5.88 Å². The summed E-state index contributed by atoms with van der Waals surface area (Å²) in [6, 6.07) is 9.84. The van der Waals surface area contributed by atoms with E-state index >= 15 is 0 Å². The SMILES string of the molecule is Fc1ccccc1C#CCOc1ccn2nccc2n1. The molecule has 0 amide bonds. The monoisotopic (exact) mass is 267 g/mol. The molecule has 2 heterocycles. The van der Waals surface area contributed by atoms with Crippen LogP contribution in [0.1, 0.15) is 5.56 Å². The zero-order chi connectivity index (χ0) is 13.8. The summed E-state index contributed by atoms with van der Waals surface area (Å²) in [4.78, 5) is 4.23. The highest BCUT2D eigenvalue weighted by Gasteiger charge is 1.98. The van der Waals surface area contributed by atoms with E-state index in [0.29, 0.717) is 17.1 Å². The van der Waals surface area contributed by atoms with E-state index in [0.717, 1.165) is 0 Å². The van der Waals surface area contributed by atoms with Crippen LogP contribution in [0.5, 0.6) is 5.88 Å². The maximum absolute atomic E-state index is 13.3. The Hall–Kier alpha value is -2.87. The fourth-order valence-corrected chi connectivity index (χ4v) is 1.68. The standard InChI is InChI=1S/C15H10FN3O/c16-13-6-2-1-4-12(13)5-3-11-20-15-8-10-19-14(18-15)7-9-17-19/h1-2,4,6-10H,11H2. The molecule has 0 N–H and O–H groups in total. The zero-order valence-electron chi connectivity index (χ0n) is 10.5. The lowest BCUT2D eigenvalue weighted by Crippen LogP contribution is -1.98. The van der Waals surface area contributed by atoms with Crippen LogP contribution in [0.4, 0.5) is 4.39 Å². The summed E-state index contributed by atoms with van der Waals surface area (Å²) in [5.41, 5.74) is 1.06. The van der Waals surface area contributed by atoms with Crippen molar-refractivity contribution in [3.05, 3.63) is 60.2 Å². The Balaban J connectivity index is 1.67. The topological polar surface area (TPSA) is 39.4 Å². The van der Waals surface area contributed by atoms with Crippen LogP contribution in [-0.2, 0) is 0 Å². The van der Waals surface area contributed by atoms with Crippen LogP contribution < -0.4 is 4.74 Å². The molecule has 0 spiro atoms. The molecule has 0 saturated carbocycles. The van der Waals surface area contributed by atoms with Gasteiger partial charge in [-0.05, 0) is 12.1 Å². The molecule has 0 aliphatic carbocycles. The normalized spacial score (nSPS) is 10.1. The molecule has 0 unspecified atom stereocenters. The molecule has 2 aromatic heterocycles. The van der Waals surface area contributed by atoms with Crippen molar-refractivity contribution in [2.75, 3.05) is 6.61 Å². The average Bonchev–Trinajstić information content (AvgIpc) is 2.93. The number of benzene rings is 1. The first-order valence-corrected chi connectivity index (χ1v) is 5.99. The highest BCUT2D eigenvalue weighted by molar-refractivity contribution is 5.38. The highest BCUT2D eigenvalue weighted by Crippen LogP contribution is 2.08. The van der Waals surface area contributed by atoms with Gasteiger partial charge >= 0.3 is 0 Å². The third-order valence-electron chi connectivity index (χ3n) is 2.62. The molecule has 4 nitrogen and oxygen atoms in total. The molecular weight excluding hydrogens is 257 g/mol. The van der Waals surface area contributed by atoms with Gasteiger partial charge in [0, 0.05) is 18.3 Å². The third kappa shape index (κ3) is 2.59. The lowest BCUT2D eigenvalue weighted by molar-refractivity contribution is 0.355. The average molecular weight is 267 g/mol.